The van der Waals surface area contributed by atoms with Gasteiger partial charge in [-0.15, -0.1) is 0 Å². The van der Waals surface area contributed by atoms with Crippen molar-refractivity contribution in [3.05, 3.63) is 42.5 Å². The molecule has 2 nitrogen and oxygen atoms in total. The molecular formula is C17H18N2. The number of rotatable bonds is 3. The molecule has 96 valence electrons. The number of nitrogens with zero attached hydrogens (tertiary/aromatic N) is 2. The van der Waals surface area contributed by atoms with Gasteiger partial charge < -0.3 is 4.90 Å². The smallest absolute Gasteiger partial charge is 0.0748 e. The first kappa shape index (κ1) is 12.0. The average Bonchev–Trinajstić information content (AvgIpc) is 2.42. The van der Waals surface area contributed by atoms with E-state index in [0.29, 0.717) is 0 Å². The fourth-order valence-electron chi connectivity index (χ4n) is 2.99. The van der Waals surface area contributed by atoms with Crippen LogP contribution in [0.15, 0.2) is 42.5 Å². The van der Waals surface area contributed by atoms with Crippen LogP contribution in [-0.2, 0) is 0 Å². The van der Waals surface area contributed by atoms with E-state index in [-0.39, 0.29) is 5.41 Å². The lowest BCUT2D eigenvalue weighted by Crippen LogP contribution is -2.39. The quantitative estimate of drug-likeness (QED) is 0.824. The minimum absolute atomic E-state index is 0.119. The fourth-order valence-corrected chi connectivity index (χ4v) is 2.99. The molecule has 0 atom stereocenters. The molecule has 0 unspecified atom stereocenters. The molecule has 2 heteroatoms. The zero-order chi connectivity index (χ0) is 13.3. The molecule has 0 saturated heterocycles. The number of fused-ring (bicyclic) bond motifs is 1. The van der Waals surface area contributed by atoms with Gasteiger partial charge in [0.2, 0.25) is 0 Å². The normalized spacial score (nSPS) is 16.6. The van der Waals surface area contributed by atoms with Gasteiger partial charge in [0.25, 0.3) is 0 Å². The molecule has 0 spiro atoms. The Balaban J connectivity index is 1.94. The second kappa shape index (κ2) is 4.59. The van der Waals surface area contributed by atoms with Gasteiger partial charge in [0.15, 0.2) is 0 Å². The van der Waals surface area contributed by atoms with Crippen LogP contribution in [0.2, 0.25) is 0 Å². The summed E-state index contributed by atoms with van der Waals surface area (Å²) >= 11 is 0. The standard InChI is InChI=1S/C17H18N2/c1-19(13-17(12-18)10-5-11-17)16-9-4-7-14-6-2-3-8-15(14)16/h2-4,6-9H,5,10-11,13H2,1H3. The maximum absolute atomic E-state index is 9.37. The molecule has 1 fully saturated rings. The highest BCUT2D eigenvalue weighted by Gasteiger charge is 2.38. The molecule has 0 heterocycles. The van der Waals surface area contributed by atoms with Crippen molar-refractivity contribution < 1.29 is 0 Å². The highest BCUT2D eigenvalue weighted by molar-refractivity contribution is 5.94. The van der Waals surface area contributed by atoms with Crippen molar-refractivity contribution in [1.82, 2.24) is 0 Å². The van der Waals surface area contributed by atoms with Crippen LogP contribution >= 0.6 is 0 Å². The van der Waals surface area contributed by atoms with Crippen LogP contribution < -0.4 is 4.90 Å². The van der Waals surface area contributed by atoms with Crippen LogP contribution in [-0.4, -0.2) is 13.6 Å². The first-order valence-electron chi connectivity index (χ1n) is 6.84. The van der Waals surface area contributed by atoms with Gasteiger partial charge in [-0.2, -0.15) is 5.26 Å². The monoisotopic (exact) mass is 250 g/mol. The number of nitriles is 1. The number of hydrogen-bond donors (Lipinski definition) is 0. The third-order valence-electron chi connectivity index (χ3n) is 4.27. The number of anilines is 1. The van der Waals surface area contributed by atoms with Crippen molar-refractivity contribution in [3.8, 4) is 6.07 Å². The van der Waals surface area contributed by atoms with Crippen molar-refractivity contribution in [2.75, 3.05) is 18.5 Å². The second-order valence-electron chi connectivity index (χ2n) is 5.60. The maximum atomic E-state index is 9.37. The molecule has 0 bridgehead atoms. The van der Waals surface area contributed by atoms with Gasteiger partial charge in [-0.3, -0.25) is 0 Å². The molecule has 19 heavy (non-hydrogen) atoms. The van der Waals surface area contributed by atoms with Crippen molar-refractivity contribution in [2.45, 2.75) is 19.3 Å². The zero-order valence-corrected chi connectivity index (χ0v) is 11.3. The van der Waals surface area contributed by atoms with Gasteiger partial charge in [-0.25, -0.2) is 0 Å². The molecule has 0 N–H and O–H groups in total. The minimum Gasteiger partial charge on any atom is -0.372 e. The Kier molecular flexibility index (Phi) is 2.91. The van der Waals surface area contributed by atoms with E-state index in [2.05, 4.69) is 60.5 Å². The van der Waals surface area contributed by atoms with Gasteiger partial charge in [0.1, 0.15) is 0 Å². The third-order valence-corrected chi connectivity index (χ3v) is 4.27. The molecule has 0 aromatic heterocycles. The van der Waals surface area contributed by atoms with E-state index in [1.165, 1.54) is 22.9 Å². The van der Waals surface area contributed by atoms with Crippen molar-refractivity contribution in [1.29, 1.82) is 5.26 Å². The van der Waals surface area contributed by atoms with Crippen LogP contribution in [0.5, 0.6) is 0 Å². The molecule has 2 aromatic carbocycles. The highest BCUT2D eigenvalue weighted by Crippen LogP contribution is 2.41. The van der Waals surface area contributed by atoms with E-state index in [4.69, 9.17) is 0 Å². The highest BCUT2D eigenvalue weighted by atomic mass is 15.1. The van der Waals surface area contributed by atoms with Crippen LogP contribution in [0.3, 0.4) is 0 Å². The molecule has 0 aliphatic heterocycles. The largest absolute Gasteiger partial charge is 0.372 e. The Labute approximate surface area is 114 Å². The van der Waals surface area contributed by atoms with Crippen molar-refractivity contribution in [3.63, 3.8) is 0 Å². The molecule has 2 aromatic rings. The molecule has 3 rings (SSSR count). The Hall–Kier alpha value is -2.01. The van der Waals surface area contributed by atoms with Crippen LogP contribution in [0.25, 0.3) is 10.8 Å². The second-order valence-corrected chi connectivity index (χ2v) is 5.60. The van der Waals surface area contributed by atoms with Crippen molar-refractivity contribution in [2.24, 2.45) is 5.41 Å². The number of benzene rings is 2. The summed E-state index contributed by atoms with van der Waals surface area (Å²) in [5, 5.41) is 11.9. The van der Waals surface area contributed by atoms with Gasteiger partial charge in [0.05, 0.1) is 11.5 Å². The average molecular weight is 250 g/mol. The molecule has 0 amide bonds. The predicted molar refractivity (Wildman–Crippen MR) is 79.1 cm³/mol. The topological polar surface area (TPSA) is 27.0 Å². The van der Waals surface area contributed by atoms with Crippen LogP contribution in [0.4, 0.5) is 5.69 Å². The van der Waals surface area contributed by atoms with E-state index < -0.39 is 0 Å². The molecule has 0 radical (unpaired) electrons. The van der Waals surface area contributed by atoms with Crippen molar-refractivity contribution >= 4 is 16.5 Å². The third kappa shape index (κ3) is 2.06. The lowest BCUT2D eigenvalue weighted by Gasteiger charge is -2.39. The Morgan fingerprint density at radius 2 is 1.89 bits per heavy atom. The Morgan fingerprint density at radius 1 is 1.16 bits per heavy atom. The van der Waals surface area contributed by atoms with Crippen LogP contribution in [0, 0.1) is 16.7 Å². The van der Waals surface area contributed by atoms with E-state index in [0.717, 1.165) is 19.4 Å². The predicted octanol–water partition coefficient (Wildman–Crippen LogP) is 3.97. The van der Waals surface area contributed by atoms with Gasteiger partial charge in [-0.1, -0.05) is 42.8 Å². The summed E-state index contributed by atoms with van der Waals surface area (Å²) in [6.07, 6.45) is 3.27. The molecule has 1 aliphatic carbocycles. The lowest BCUT2D eigenvalue weighted by molar-refractivity contribution is 0.223. The van der Waals surface area contributed by atoms with E-state index in [9.17, 15) is 5.26 Å². The first-order chi connectivity index (χ1) is 9.24. The Bertz CT molecular complexity index is 630. The summed E-state index contributed by atoms with van der Waals surface area (Å²) in [4.78, 5) is 2.24. The zero-order valence-electron chi connectivity index (χ0n) is 11.3. The fraction of sp³-hybridized carbons (Fsp3) is 0.353. The SMILES string of the molecule is CN(CC1(C#N)CCC1)c1cccc2ccccc12. The Morgan fingerprint density at radius 3 is 2.58 bits per heavy atom. The van der Waals surface area contributed by atoms with E-state index >= 15 is 0 Å². The molecule has 1 saturated carbocycles. The summed E-state index contributed by atoms with van der Waals surface area (Å²) in [6.45, 7) is 0.831. The van der Waals surface area contributed by atoms with E-state index in [1.54, 1.807) is 0 Å². The van der Waals surface area contributed by atoms with Gasteiger partial charge >= 0.3 is 0 Å². The summed E-state index contributed by atoms with van der Waals surface area (Å²) in [6, 6.07) is 17.3. The van der Waals surface area contributed by atoms with Gasteiger partial charge in [-0.05, 0) is 24.3 Å². The summed E-state index contributed by atoms with van der Waals surface area (Å²) < 4.78 is 0. The molecular weight excluding hydrogens is 232 g/mol. The van der Waals surface area contributed by atoms with E-state index in [1.807, 2.05) is 0 Å². The van der Waals surface area contributed by atoms with Crippen LogP contribution in [0.1, 0.15) is 19.3 Å². The minimum atomic E-state index is -0.119. The van der Waals surface area contributed by atoms with Gasteiger partial charge in [0, 0.05) is 24.7 Å². The number of hydrogen-bond acceptors (Lipinski definition) is 2. The maximum Gasteiger partial charge on any atom is 0.0748 e. The lowest BCUT2D eigenvalue weighted by atomic mass is 9.69. The summed E-state index contributed by atoms with van der Waals surface area (Å²) in [7, 11) is 2.10. The first-order valence-corrected chi connectivity index (χ1v) is 6.84. The summed E-state index contributed by atoms with van der Waals surface area (Å²) in [5.41, 5.74) is 1.10. The summed E-state index contributed by atoms with van der Waals surface area (Å²) in [5.74, 6) is 0. The molecule has 1 aliphatic rings.